The lowest BCUT2D eigenvalue weighted by atomic mass is 10.1. The van der Waals surface area contributed by atoms with E-state index in [-0.39, 0.29) is 12.3 Å². The first-order chi connectivity index (χ1) is 11.9. The minimum absolute atomic E-state index is 0.280. The maximum atomic E-state index is 12.5. The number of aryl methyl sites for hydroxylation is 1. The molecule has 2 aromatic rings. The van der Waals surface area contributed by atoms with E-state index < -0.39 is 11.1 Å². The minimum atomic E-state index is -0.446. The van der Waals surface area contributed by atoms with Gasteiger partial charge in [-0.1, -0.05) is 41.4 Å². The van der Waals surface area contributed by atoms with Crippen LogP contribution in [0.25, 0.3) is 6.08 Å². The number of hydrogen-bond donors (Lipinski definition) is 0. The predicted molar refractivity (Wildman–Crippen MR) is 99.6 cm³/mol. The number of halogens is 1. The molecule has 1 aliphatic rings. The van der Waals surface area contributed by atoms with Crippen molar-refractivity contribution in [2.45, 2.75) is 6.92 Å². The van der Waals surface area contributed by atoms with Crippen molar-refractivity contribution in [1.29, 1.82) is 0 Å². The normalized spacial score (nSPS) is 15.9. The second kappa shape index (κ2) is 7.25. The SMILES string of the molecule is Cc1ccc(/C=C2\SC(=O)N(CC(=O)c3ccc(Cl)cc3)C2=O)cc1. The molecular weight excluding hydrogens is 358 g/mol. The van der Waals surface area contributed by atoms with Crippen molar-refractivity contribution in [3.8, 4) is 0 Å². The van der Waals surface area contributed by atoms with E-state index in [1.165, 1.54) is 0 Å². The molecule has 0 N–H and O–H groups in total. The number of imide groups is 1. The molecule has 1 fully saturated rings. The van der Waals surface area contributed by atoms with Crippen LogP contribution < -0.4 is 0 Å². The van der Waals surface area contributed by atoms with Gasteiger partial charge in [0.2, 0.25) is 0 Å². The number of carbonyl (C=O) groups is 3. The van der Waals surface area contributed by atoms with Gasteiger partial charge in [0, 0.05) is 10.6 Å². The monoisotopic (exact) mass is 371 g/mol. The molecule has 0 saturated carbocycles. The highest BCUT2D eigenvalue weighted by Gasteiger charge is 2.36. The summed E-state index contributed by atoms with van der Waals surface area (Å²) in [5.41, 5.74) is 2.35. The van der Waals surface area contributed by atoms with Crippen LogP contribution in [0.5, 0.6) is 0 Å². The lowest BCUT2D eigenvalue weighted by Gasteiger charge is -2.11. The Kier molecular flexibility index (Phi) is 5.06. The number of rotatable bonds is 4. The summed E-state index contributed by atoms with van der Waals surface area (Å²) in [5.74, 6) is -0.756. The summed E-state index contributed by atoms with van der Waals surface area (Å²) >= 11 is 6.64. The van der Waals surface area contributed by atoms with Gasteiger partial charge in [0.25, 0.3) is 11.1 Å². The fraction of sp³-hybridized carbons (Fsp3) is 0.105. The summed E-state index contributed by atoms with van der Waals surface area (Å²) in [6.45, 7) is 1.69. The van der Waals surface area contributed by atoms with E-state index >= 15 is 0 Å². The Balaban J connectivity index is 1.76. The van der Waals surface area contributed by atoms with Crippen molar-refractivity contribution in [3.05, 3.63) is 75.1 Å². The molecule has 25 heavy (non-hydrogen) atoms. The van der Waals surface area contributed by atoms with Crippen LogP contribution in [0.1, 0.15) is 21.5 Å². The summed E-state index contributed by atoms with van der Waals surface area (Å²) in [5, 5.41) is 0.0782. The van der Waals surface area contributed by atoms with Gasteiger partial charge in [-0.05, 0) is 54.6 Å². The maximum Gasteiger partial charge on any atom is 0.293 e. The number of thioether (sulfide) groups is 1. The number of carbonyl (C=O) groups excluding carboxylic acids is 3. The third-order valence-electron chi connectivity index (χ3n) is 3.72. The molecule has 1 aliphatic heterocycles. The zero-order valence-electron chi connectivity index (χ0n) is 13.4. The number of nitrogens with zero attached hydrogens (tertiary/aromatic N) is 1. The van der Waals surface area contributed by atoms with Gasteiger partial charge in [0.15, 0.2) is 5.78 Å². The third kappa shape index (κ3) is 4.00. The molecule has 0 aliphatic carbocycles. The second-order valence-electron chi connectivity index (χ2n) is 5.61. The Morgan fingerprint density at radius 2 is 1.72 bits per heavy atom. The van der Waals surface area contributed by atoms with Crippen LogP contribution >= 0.6 is 23.4 Å². The van der Waals surface area contributed by atoms with E-state index in [1.807, 2.05) is 31.2 Å². The fourth-order valence-electron chi connectivity index (χ4n) is 2.32. The van der Waals surface area contributed by atoms with E-state index in [0.29, 0.717) is 15.5 Å². The van der Waals surface area contributed by atoms with E-state index in [1.54, 1.807) is 30.3 Å². The van der Waals surface area contributed by atoms with Gasteiger partial charge in [0.1, 0.15) is 0 Å². The van der Waals surface area contributed by atoms with Crippen molar-refractivity contribution in [2.75, 3.05) is 6.54 Å². The molecule has 1 saturated heterocycles. The fourth-order valence-corrected chi connectivity index (χ4v) is 3.29. The Morgan fingerprint density at radius 3 is 2.36 bits per heavy atom. The number of benzene rings is 2. The molecule has 0 bridgehead atoms. The van der Waals surface area contributed by atoms with Crippen LogP contribution in [0.2, 0.25) is 5.02 Å². The summed E-state index contributed by atoms with van der Waals surface area (Å²) < 4.78 is 0. The van der Waals surface area contributed by atoms with Gasteiger partial charge >= 0.3 is 0 Å². The van der Waals surface area contributed by atoms with Crippen LogP contribution in [0.3, 0.4) is 0 Å². The van der Waals surface area contributed by atoms with Gasteiger partial charge in [-0.25, -0.2) is 0 Å². The molecule has 0 aromatic heterocycles. The van der Waals surface area contributed by atoms with E-state index in [0.717, 1.165) is 27.8 Å². The van der Waals surface area contributed by atoms with Crippen molar-refractivity contribution in [3.63, 3.8) is 0 Å². The lowest BCUT2D eigenvalue weighted by Crippen LogP contribution is -2.33. The molecule has 0 atom stereocenters. The largest absolute Gasteiger partial charge is 0.293 e. The quantitative estimate of drug-likeness (QED) is 0.583. The molecule has 6 heteroatoms. The first-order valence-electron chi connectivity index (χ1n) is 7.55. The first-order valence-corrected chi connectivity index (χ1v) is 8.74. The topological polar surface area (TPSA) is 54.5 Å². The number of Topliss-reactive ketones (excluding diaryl/α,β-unsaturated/α-hetero) is 1. The van der Waals surface area contributed by atoms with Gasteiger partial charge in [0.05, 0.1) is 11.4 Å². The number of amides is 2. The highest BCUT2D eigenvalue weighted by molar-refractivity contribution is 8.18. The maximum absolute atomic E-state index is 12.5. The van der Waals surface area contributed by atoms with Crippen molar-refractivity contribution in [1.82, 2.24) is 4.90 Å². The minimum Gasteiger partial charge on any atom is -0.292 e. The van der Waals surface area contributed by atoms with E-state index in [4.69, 9.17) is 11.6 Å². The summed E-state index contributed by atoms with van der Waals surface area (Å²) in [4.78, 5) is 38.1. The second-order valence-corrected chi connectivity index (χ2v) is 7.04. The van der Waals surface area contributed by atoms with Gasteiger partial charge in [-0.2, -0.15) is 0 Å². The molecule has 0 unspecified atom stereocenters. The average molecular weight is 372 g/mol. The standard InChI is InChI=1S/C19H14ClNO3S/c1-12-2-4-13(5-3-12)10-17-18(23)21(19(24)25-17)11-16(22)14-6-8-15(20)9-7-14/h2-10H,11H2,1H3/b17-10-. The molecule has 126 valence electrons. The van der Waals surface area contributed by atoms with E-state index in [9.17, 15) is 14.4 Å². The van der Waals surface area contributed by atoms with Gasteiger partial charge in [-0.3, -0.25) is 19.3 Å². The summed E-state index contributed by atoms with van der Waals surface area (Å²) in [7, 11) is 0. The lowest BCUT2D eigenvalue weighted by molar-refractivity contribution is -0.122. The Bertz CT molecular complexity index is 873. The van der Waals surface area contributed by atoms with Crippen molar-refractivity contribution in [2.24, 2.45) is 0 Å². The third-order valence-corrected chi connectivity index (χ3v) is 4.88. The van der Waals surface area contributed by atoms with Crippen molar-refractivity contribution < 1.29 is 14.4 Å². The first kappa shape index (κ1) is 17.5. The number of ketones is 1. The van der Waals surface area contributed by atoms with Crippen molar-refractivity contribution >= 4 is 46.4 Å². The molecule has 4 nitrogen and oxygen atoms in total. The smallest absolute Gasteiger partial charge is 0.292 e. The van der Waals surface area contributed by atoms with Crippen LogP contribution in [0.15, 0.2) is 53.4 Å². The molecule has 2 amide bonds. The van der Waals surface area contributed by atoms with Gasteiger partial charge < -0.3 is 0 Å². The summed E-state index contributed by atoms with van der Waals surface area (Å²) in [6, 6.07) is 14.0. The Morgan fingerprint density at radius 1 is 1.08 bits per heavy atom. The van der Waals surface area contributed by atoms with Gasteiger partial charge in [-0.15, -0.1) is 0 Å². The molecule has 0 spiro atoms. The van der Waals surface area contributed by atoms with Crippen LogP contribution in [-0.4, -0.2) is 28.4 Å². The van der Waals surface area contributed by atoms with E-state index in [2.05, 4.69) is 0 Å². The Hall–Kier alpha value is -2.37. The molecule has 2 aromatic carbocycles. The van der Waals surface area contributed by atoms with Crippen LogP contribution in [-0.2, 0) is 4.79 Å². The highest BCUT2D eigenvalue weighted by Crippen LogP contribution is 2.32. The van der Waals surface area contributed by atoms with Crippen LogP contribution in [0.4, 0.5) is 4.79 Å². The number of hydrogen-bond acceptors (Lipinski definition) is 4. The zero-order chi connectivity index (χ0) is 18.0. The summed E-state index contributed by atoms with van der Waals surface area (Å²) in [6.07, 6.45) is 1.66. The predicted octanol–water partition coefficient (Wildman–Crippen LogP) is 4.57. The van der Waals surface area contributed by atoms with Crippen LogP contribution in [0, 0.1) is 6.92 Å². The molecule has 3 rings (SSSR count). The molecular formula is C19H14ClNO3S. The Labute approximate surface area is 154 Å². The average Bonchev–Trinajstić information content (AvgIpc) is 2.85. The zero-order valence-corrected chi connectivity index (χ0v) is 14.9. The molecule has 0 radical (unpaired) electrons. The molecule has 1 heterocycles. The highest BCUT2D eigenvalue weighted by atomic mass is 35.5.